The predicted octanol–water partition coefficient (Wildman–Crippen LogP) is 4.05. The second-order valence-electron chi connectivity index (χ2n) is 8.49. The van der Waals surface area contributed by atoms with E-state index in [1.54, 1.807) is 30.3 Å². The normalized spacial score (nSPS) is 15.1. The van der Waals surface area contributed by atoms with Crippen LogP contribution in [0.1, 0.15) is 22.3 Å². The summed E-state index contributed by atoms with van der Waals surface area (Å²) in [7, 11) is -2.80. The van der Waals surface area contributed by atoms with Gasteiger partial charge >= 0.3 is 16.1 Å². The van der Waals surface area contributed by atoms with Crippen molar-refractivity contribution in [2.75, 3.05) is 12.0 Å². The number of imide groups is 2. The molecule has 4 rings (SSSR count). The fourth-order valence-corrected chi connectivity index (χ4v) is 4.58. The monoisotopic (exact) mass is 520 g/mol. The highest BCUT2D eigenvalue weighted by Gasteiger charge is 2.37. The highest BCUT2D eigenvalue weighted by Crippen LogP contribution is 2.32. The summed E-state index contributed by atoms with van der Waals surface area (Å²) in [5.41, 5.74) is 3.16. The minimum absolute atomic E-state index is 0.0214. The number of benzene rings is 3. The molecule has 1 aliphatic rings. The molecular weight excluding hydrogens is 496 g/mol. The van der Waals surface area contributed by atoms with Crippen LogP contribution >= 0.6 is 0 Å². The molecule has 0 aromatic heterocycles. The number of barbiturate groups is 1. The Hall–Kier alpha value is -4.44. The van der Waals surface area contributed by atoms with Gasteiger partial charge in [0.1, 0.15) is 10.5 Å². The van der Waals surface area contributed by atoms with Crippen molar-refractivity contribution >= 4 is 39.7 Å². The second-order valence-corrected chi connectivity index (χ2v) is 10.0. The third kappa shape index (κ3) is 5.24. The van der Waals surface area contributed by atoms with E-state index in [1.165, 1.54) is 43.5 Å². The van der Waals surface area contributed by atoms with E-state index >= 15 is 0 Å². The number of hydrogen-bond acceptors (Lipinski definition) is 7. The highest BCUT2D eigenvalue weighted by atomic mass is 32.2. The van der Waals surface area contributed by atoms with Gasteiger partial charge in [-0.05, 0) is 79.9 Å². The number of rotatable bonds is 6. The molecule has 0 atom stereocenters. The van der Waals surface area contributed by atoms with E-state index < -0.39 is 28.0 Å². The molecule has 3 aromatic carbocycles. The van der Waals surface area contributed by atoms with Gasteiger partial charge in [-0.1, -0.05) is 29.8 Å². The number of methoxy groups -OCH3 is 1. The maximum absolute atomic E-state index is 13.2. The van der Waals surface area contributed by atoms with Crippen LogP contribution < -0.4 is 19.1 Å². The summed E-state index contributed by atoms with van der Waals surface area (Å²) in [6, 6.07) is 14.7. The van der Waals surface area contributed by atoms with Crippen molar-refractivity contribution in [3.05, 3.63) is 88.5 Å². The first-order valence-electron chi connectivity index (χ1n) is 11.2. The molecule has 37 heavy (non-hydrogen) atoms. The molecule has 190 valence electrons. The van der Waals surface area contributed by atoms with Crippen LogP contribution in [0.4, 0.5) is 10.5 Å². The minimum atomic E-state index is -4.13. The van der Waals surface area contributed by atoms with Gasteiger partial charge < -0.3 is 8.92 Å². The number of urea groups is 1. The zero-order valence-electron chi connectivity index (χ0n) is 20.6. The molecule has 1 saturated heterocycles. The van der Waals surface area contributed by atoms with E-state index in [9.17, 15) is 22.8 Å². The topological polar surface area (TPSA) is 119 Å². The lowest BCUT2D eigenvalue weighted by molar-refractivity contribution is -0.122. The van der Waals surface area contributed by atoms with Crippen LogP contribution in [0.5, 0.6) is 11.5 Å². The number of anilines is 1. The Bertz CT molecular complexity index is 1560. The lowest BCUT2D eigenvalue weighted by Crippen LogP contribution is -2.54. The first kappa shape index (κ1) is 25.6. The number of amides is 4. The zero-order valence-corrected chi connectivity index (χ0v) is 21.4. The molecule has 1 fully saturated rings. The number of carbonyl (C=O) groups excluding carboxylic acids is 3. The smallest absolute Gasteiger partial charge is 0.339 e. The lowest BCUT2D eigenvalue weighted by atomic mass is 10.0. The first-order valence-corrected chi connectivity index (χ1v) is 12.6. The summed E-state index contributed by atoms with van der Waals surface area (Å²) >= 11 is 0. The molecule has 1 heterocycles. The van der Waals surface area contributed by atoms with Gasteiger partial charge in [0.15, 0.2) is 11.5 Å². The quantitative estimate of drug-likeness (QED) is 0.296. The summed E-state index contributed by atoms with van der Waals surface area (Å²) in [5, 5.41) is 2.18. The molecule has 0 spiro atoms. The van der Waals surface area contributed by atoms with Crippen molar-refractivity contribution in [1.29, 1.82) is 0 Å². The van der Waals surface area contributed by atoms with Gasteiger partial charge in [0.05, 0.1) is 12.8 Å². The molecule has 9 nitrogen and oxygen atoms in total. The minimum Gasteiger partial charge on any atom is -0.493 e. The average Bonchev–Trinajstić information content (AvgIpc) is 2.84. The molecule has 0 bridgehead atoms. The van der Waals surface area contributed by atoms with Crippen LogP contribution in [0.15, 0.2) is 71.1 Å². The zero-order chi connectivity index (χ0) is 26.9. The van der Waals surface area contributed by atoms with Crippen molar-refractivity contribution in [1.82, 2.24) is 5.32 Å². The summed E-state index contributed by atoms with van der Waals surface area (Å²) in [6.45, 7) is 5.59. The maximum atomic E-state index is 13.2. The molecule has 4 amide bonds. The number of nitrogens with one attached hydrogen (secondary N) is 1. The lowest BCUT2D eigenvalue weighted by Gasteiger charge is -2.26. The van der Waals surface area contributed by atoms with Crippen molar-refractivity contribution in [3.8, 4) is 11.5 Å². The summed E-state index contributed by atoms with van der Waals surface area (Å²) in [5.74, 6) is -1.65. The predicted molar refractivity (Wildman–Crippen MR) is 137 cm³/mol. The third-order valence-electron chi connectivity index (χ3n) is 5.86. The summed E-state index contributed by atoms with van der Waals surface area (Å²) in [6.07, 6.45) is 1.29. The second kappa shape index (κ2) is 9.90. The third-order valence-corrected chi connectivity index (χ3v) is 7.11. The number of carbonyl (C=O) groups is 3. The van der Waals surface area contributed by atoms with E-state index in [4.69, 9.17) is 8.92 Å². The van der Waals surface area contributed by atoms with Crippen LogP contribution in [0.25, 0.3) is 6.08 Å². The van der Waals surface area contributed by atoms with Gasteiger partial charge in [-0.15, -0.1) is 0 Å². The number of nitrogens with zero attached hydrogens (tertiary/aromatic N) is 1. The fourth-order valence-electron chi connectivity index (χ4n) is 3.64. The van der Waals surface area contributed by atoms with E-state index in [2.05, 4.69) is 5.32 Å². The average molecular weight is 521 g/mol. The van der Waals surface area contributed by atoms with Gasteiger partial charge in [0.2, 0.25) is 0 Å². The Morgan fingerprint density at radius 2 is 1.54 bits per heavy atom. The van der Waals surface area contributed by atoms with Gasteiger partial charge in [0.25, 0.3) is 11.8 Å². The van der Waals surface area contributed by atoms with Crippen molar-refractivity contribution in [3.63, 3.8) is 0 Å². The highest BCUT2D eigenvalue weighted by molar-refractivity contribution is 7.87. The SMILES string of the molecule is COc1cc(/C=C2\C(=O)NC(=O)N(c3ccc(C)c(C)c3)C2=O)ccc1OS(=O)(=O)c1ccc(C)cc1. The van der Waals surface area contributed by atoms with Gasteiger partial charge in [-0.3, -0.25) is 14.9 Å². The number of aryl methyl sites for hydroxylation is 3. The summed E-state index contributed by atoms with van der Waals surface area (Å²) in [4.78, 5) is 39.0. The van der Waals surface area contributed by atoms with Crippen LogP contribution in [-0.4, -0.2) is 33.4 Å². The Labute approximate surface area is 214 Å². The molecule has 1 N–H and O–H groups in total. The maximum Gasteiger partial charge on any atom is 0.339 e. The van der Waals surface area contributed by atoms with E-state index in [-0.39, 0.29) is 22.0 Å². The van der Waals surface area contributed by atoms with Crippen LogP contribution in [0.3, 0.4) is 0 Å². The molecule has 3 aromatic rings. The van der Waals surface area contributed by atoms with Crippen LogP contribution in [0, 0.1) is 20.8 Å². The molecule has 0 saturated carbocycles. The van der Waals surface area contributed by atoms with Gasteiger partial charge in [0, 0.05) is 0 Å². The molecule has 0 radical (unpaired) electrons. The van der Waals surface area contributed by atoms with Crippen LogP contribution in [0.2, 0.25) is 0 Å². The Kier molecular flexibility index (Phi) is 6.86. The molecule has 0 aliphatic carbocycles. The van der Waals surface area contributed by atoms with Crippen molar-refractivity contribution in [2.45, 2.75) is 25.7 Å². The van der Waals surface area contributed by atoms with Gasteiger partial charge in [-0.25, -0.2) is 9.69 Å². The Morgan fingerprint density at radius 1 is 0.838 bits per heavy atom. The molecular formula is C27H24N2O7S. The fraction of sp³-hybridized carbons (Fsp3) is 0.148. The van der Waals surface area contributed by atoms with Crippen molar-refractivity contribution < 1.29 is 31.7 Å². The van der Waals surface area contributed by atoms with E-state index in [1.807, 2.05) is 20.8 Å². The van der Waals surface area contributed by atoms with Crippen LogP contribution in [-0.2, 0) is 19.7 Å². The Morgan fingerprint density at radius 3 is 2.19 bits per heavy atom. The molecule has 1 aliphatic heterocycles. The largest absolute Gasteiger partial charge is 0.493 e. The van der Waals surface area contributed by atoms with E-state index in [0.717, 1.165) is 21.6 Å². The van der Waals surface area contributed by atoms with E-state index in [0.29, 0.717) is 11.3 Å². The summed E-state index contributed by atoms with van der Waals surface area (Å²) < 4.78 is 35.9. The molecule has 10 heteroatoms. The number of ether oxygens (including phenoxy) is 1. The Balaban J connectivity index is 1.65. The molecule has 0 unspecified atom stereocenters. The number of hydrogen-bond donors (Lipinski definition) is 1. The standard InChI is InChI=1S/C27H24N2O7S/c1-16-5-10-21(11-6-16)37(33,34)36-23-12-8-19(15-24(23)35-4)14-22-25(30)28-27(32)29(26(22)31)20-9-7-17(2)18(3)13-20/h5-15H,1-4H3,(H,28,30,32)/b22-14+. The van der Waals surface area contributed by atoms with Crippen molar-refractivity contribution in [2.24, 2.45) is 0 Å². The van der Waals surface area contributed by atoms with Gasteiger partial charge in [-0.2, -0.15) is 8.42 Å². The first-order chi connectivity index (χ1) is 17.5.